The van der Waals surface area contributed by atoms with Gasteiger partial charge in [-0.05, 0) is 57.1 Å². The largest absolute Gasteiger partial charge is 0.379 e. The number of rotatable bonds is 7. The summed E-state index contributed by atoms with van der Waals surface area (Å²) in [6, 6.07) is 4.28. The average molecular weight is 430 g/mol. The highest BCUT2D eigenvalue weighted by atomic mass is 35.5. The van der Waals surface area contributed by atoms with Crippen molar-refractivity contribution in [3.63, 3.8) is 0 Å². The molecule has 0 aromatic heterocycles. The van der Waals surface area contributed by atoms with Crippen molar-refractivity contribution in [2.45, 2.75) is 30.6 Å². The van der Waals surface area contributed by atoms with Gasteiger partial charge >= 0.3 is 0 Å². The molecular formula is C19H28ClN3O4S. The van der Waals surface area contributed by atoms with Gasteiger partial charge in [-0.2, -0.15) is 4.31 Å². The molecule has 9 heteroatoms. The second-order valence-electron chi connectivity index (χ2n) is 7.17. The second-order valence-corrected chi connectivity index (χ2v) is 9.52. The molecule has 0 atom stereocenters. The minimum absolute atomic E-state index is 0.0808. The minimum atomic E-state index is -3.67. The van der Waals surface area contributed by atoms with Crippen LogP contribution in [0.3, 0.4) is 0 Å². The summed E-state index contributed by atoms with van der Waals surface area (Å²) >= 11 is 6.16. The van der Waals surface area contributed by atoms with Gasteiger partial charge in [0.05, 0.1) is 28.7 Å². The van der Waals surface area contributed by atoms with Crippen molar-refractivity contribution >= 4 is 27.5 Å². The Morgan fingerprint density at radius 2 is 1.82 bits per heavy atom. The maximum Gasteiger partial charge on any atom is 0.252 e. The van der Waals surface area contributed by atoms with E-state index in [4.69, 9.17) is 16.3 Å². The van der Waals surface area contributed by atoms with E-state index in [1.165, 1.54) is 41.8 Å². The fraction of sp³-hybridized carbons (Fsp3) is 0.632. The number of likely N-dealkylation sites (tertiary alicyclic amines) is 1. The Bertz CT molecular complexity index is 775. The minimum Gasteiger partial charge on any atom is -0.379 e. The number of sulfonamides is 1. The number of morpholine rings is 1. The van der Waals surface area contributed by atoms with Crippen LogP contribution in [0.25, 0.3) is 0 Å². The van der Waals surface area contributed by atoms with Crippen LogP contribution in [-0.2, 0) is 14.8 Å². The zero-order chi connectivity index (χ0) is 20.0. The number of hydrogen-bond acceptors (Lipinski definition) is 5. The number of piperidine rings is 1. The summed E-state index contributed by atoms with van der Waals surface area (Å²) in [5.74, 6) is -0.345. The lowest BCUT2D eigenvalue weighted by Crippen LogP contribution is -2.40. The zero-order valence-electron chi connectivity index (χ0n) is 16.0. The van der Waals surface area contributed by atoms with E-state index >= 15 is 0 Å². The van der Waals surface area contributed by atoms with Crippen LogP contribution in [0.15, 0.2) is 23.1 Å². The monoisotopic (exact) mass is 429 g/mol. The Hall–Kier alpha value is -1.19. The normalized spacial score (nSPS) is 19.5. The topological polar surface area (TPSA) is 79.0 Å². The molecule has 2 aliphatic rings. The molecule has 0 spiro atoms. The van der Waals surface area contributed by atoms with Gasteiger partial charge in [-0.1, -0.05) is 18.0 Å². The summed E-state index contributed by atoms with van der Waals surface area (Å²) in [5.41, 5.74) is 0.189. The first-order valence-electron chi connectivity index (χ1n) is 9.86. The number of hydrogen-bond donors (Lipinski definition) is 1. The fourth-order valence-electron chi connectivity index (χ4n) is 3.56. The maximum absolute atomic E-state index is 12.8. The molecule has 7 nitrogen and oxygen atoms in total. The van der Waals surface area contributed by atoms with Gasteiger partial charge in [0, 0.05) is 19.6 Å². The van der Waals surface area contributed by atoms with E-state index in [-0.39, 0.29) is 21.4 Å². The van der Waals surface area contributed by atoms with E-state index < -0.39 is 10.0 Å². The number of nitrogens with zero attached hydrogens (tertiary/aromatic N) is 2. The number of nitrogens with one attached hydrogen (secondary N) is 1. The van der Waals surface area contributed by atoms with E-state index in [0.717, 1.165) is 26.1 Å². The maximum atomic E-state index is 12.8. The molecule has 2 heterocycles. The third-order valence-corrected chi connectivity index (χ3v) is 7.40. The number of halogens is 1. The number of benzene rings is 1. The predicted octanol–water partition coefficient (Wildman–Crippen LogP) is 1.97. The molecule has 2 fully saturated rings. The molecule has 1 aromatic carbocycles. The first kappa shape index (κ1) is 21.5. The lowest BCUT2D eigenvalue weighted by Gasteiger charge is -2.26. The van der Waals surface area contributed by atoms with Crippen molar-refractivity contribution in [1.82, 2.24) is 14.5 Å². The highest BCUT2D eigenvalue weighted by molar-refractivity contribution is 7.89. The summed E-state index contributed by atoms with van der Waals surface area (Å²) in [6.45, 7) is 5.11. The molecule has 0 radical (unpaired) electrons. The van der Waals surface area contributed by atoms with Crippen LogP contribution in [0.5, 0.6) is 0 Å². The number of carbonyl (C=O) groups is 1. The Morgan fingerprint density at radius 3 is 2.54 bits per heavy atom. The van der Waals surface area contributed by atoms with E-state index in [0.29, 0.717) is 32.8 Å². The summed E-state index contributed by atoms with van der Waals surface area (Å²) in [4.78, 5) is 15.0. The van der Waals surface area contributed by atoms with Gasteiger partial charge in [-0.15, -0.1) is 0 Å². The van der Waals surface area contributed by atoms with Crippen LogP contribution in [0.1, 0.15) is 36.0 Å². The lowest BCUT2D eigenvalue weighted by atomic mass is 10.1. The van der Waals surface area contributed by atoms with Gasteiger partial charge in [0.15, 0.2) is 0 Å². The van der Waals surface area contributed by atoms with Crippen LogP contribution in [0.2, 0.25) is 5.02 Å². The molecule has 1 aromatic rings. The summed E-state index contributed by atoms with van der Waals surface area (Å²) < 4.78 is 32.2. The van der Waals surface area contributed by atoms with E-state index in [1.54, 1.807) is 0 Å². The van der Waals surface area contributed by atoms with Crippen molar-refractivity contribution < 1.29 is 17.9 Å². The summed E-state index contributed by atoms with van der Waals surface area (Å²) in [6.07, 6.45) is 4.64. The first-order valence-corrected chi connectivity index (χ1v) is 11.7. The van der Waals surface area contributed by atoms with Crippen LogP contribution in [0, 0.1) is 0 Å². The third kappa shape index (κ3) is 5.45. The van der Waals surface area contributed by atoms with Crippen LogP contribution in [-0.4, -0.2) is 76.0 Å². The smallest absolute Gasteiger partial charge is 0.252 e. The Labute approximate surface area is 172 Å². The van der Waals surface area contributed by atoms with Gasteiger partial charge in [-0.25, -0.2) is 8.42 Å². The molecule has 2 aliphatic heterocycles. The zero-order valence-corrected chi connectivity index (χ0v) is 17.6. The SMILES string of the molecule is O=C(NCCCN1CCCCC1)c1cc(S(=O)(=O)N2CCOCC2)ccc1Cl. The molecule has 0 unspecified atom stereocenters. The number of ether oxygens (including phenoxy) is 1. The Morgan fingerprint density at radius 1 is 1.11 bits per heavy atom. The molecule has 28 heavy (non-hydrogen) atoms. The Kier molecular flexibility index (Phi) is 7.70. The molecule has 0 bridgehead atoms. The highest BCUT2D eigenvalue weighted by Crippen LogP contribution is 2.23. The fourth-order valence-corrected chi connectivity index (χ4v) is 5.20. The molecule has 0 saturated carbocycles. The molecule has 156 valence electrons. The first-order chi connectivity index (χ1) is 13.5. The number of amides is 1. The van der Waals surface area contributed by atoms with Crippen molar-refractivity contribution in [3.05, 3.63) is 28.8 Å². The molecule has 1 N–H and O–H groups in total. The van der Waals surface area contributed by atoms with Crippen LogP contribution in [0.4, 0.5) is 0 Å². The van der Waals surface area contributed by atoms with Gasteiger partial charge in [0.1, 0.15) is 0 Å². The summed E-state index contributed by atoms with van der Waals surface area (Å²) in [7, 11) is -3.67. The van der Waals surface area contributed by atoms with E-state index in [1.807, 2.05) is 0 Å². The van der Waals surface area contributed by atoms with Crippen molar-refractivity contribution in [1.29, 1.82) is 0 Å². The van der Waals surface area contributed by atoms with E-state index in [9.17, 15) is 13.2 Å². The third-order valence-electron chi connectivity index (χ3n) is 5.18. The molecule has 0 aliphatic carbocycles. The molecule has 1 amide bonds. The predicted molar refractivity (Wildman–Crippen MR) is 108 cm³/mol. The number of carbonyl (C=O) groups excluding carboxylic acids is 1. The molecule has 3 rings (SSSR count). The molecule has 2 saturated heterocycles. The van der Waals surface area contributed by atoms with Crippen molar-refractivity contribution in [3.8, 4) is 0 Å². The second kappa shape index (κ2) is 10.0. The van der Waals surface area contributed by atoms with Crippen LogP contribution >= 0.6 is 11.6 Å². The van der Waals surface area contributed by atoms with Crippen LogP contribution < -0.4 is 5.32 Å². The standard InChI is InChI=1S/C19H28ClN3O4S/c20-18-6-5-16(28(25,26)23-11-13-27-14-12-23)15-17(18)19(24)21-7-4-10-22-8-2-1-3-9-22/h5-6,15H,1-4,7-14H2,(H,21,24). The van der Waals surface area contributed by atoms with Crippen molar-refractivity contribution in [2.24, 2.45) is 0 Å². The van der Waals surface area contributed by atoms with Gasteiger partial charge in [0.25, 0.3) is 5.91 Å². The quantitative estimate of drug-likeness (QED) is 0.670. The van der Waals surface area contributed by atoms with Gasteiger partial charge in [0.2, 0.25) is 10.0 Å². The lowest BCUT2D eigenvalue weighted by molar-refractivity contribution is 0.0730. The van der Waals surface area contributed by atoms with Crippen molar-refractivity contribution in [2.75, 3.05) is 52.5 Å². The Balaban J connectivity index is 1.59. The van der Waals surface area contributed by atoms with E-state index in [2.05, 4.69) is 10.2 Å². The average Bonchev–Trinajstić information content (AvgIpc) is 2.72. The van der Waals surface area contributed by atoms with Gasteiger partial charge in [-0.3, -0.25) is 4.79 Å². The molecular weight excluding hydrogens is 402 g/mol. The highest BCUT2D eigenvalue weighted by Gasteiger charge is 2.27. The van der Waals surface area contributed by atoms with Gasteiger partial charge < -0.3 is 15.0 Å². The summed E-state index contributed by atoms with van der Waals surface area (Å²) in [5, 5.41) is 3.10.